The van der Waals surface area contributed by atoms with Crippen molar-refractivity contribution in [1.29, 1.82) is 0 Å². The number of benzene rings is 1. The predicted molar refractivity (Wildman–Crippen MR) is 98.2 cm³/mol. The highest BCUT2D eigenvalue weighted by molar-refractivity contribution is 7.89. The Hall–Kier alpha value is -0.830. The molecular weight excluding hydrogens is 401 g/mol. The lowest BCUT2D eigenvalue weighted by atomic mass is 9.95. The number of nitrogens with zero attached hydrogens (tertiary/aromatic N) is 2. The Labute approximate surface area is 163 Å². The second-order valence-electron chi connectivity index (χ2n) is 7.49. The van der Waals surface area contributed by atoms with Gasteiger partial charge in [0.25, 0.3) is 0 Å². The maximum atomic E-state index is 13.0. The fourth-order valence-electron chi connectivity index (χ4n) is 3.87. The van der Waals surface area contributed by atoms with E-state index in [2.05, 4.69) is 11.8 Å². The molecule has 152 valence electrons. The summed E-state index contributed by atoms with van der Waals surface area (Å²) in [7, 11) is -3.97. The third kappa shape index (κ3) is 4.60. The van der Waals surface area contributed by atoms with E-state index in [-0.39, 0.29) is 4.90 Å². The molecule has 0 bridgehead atoms. The van der Waals surface area contributed by atoms with Gasteiger partial charge in [0.15, 0.2) is 0 Å². The molecule has 9 heteroatoms. The molecule has 1 aromatic carbocycles. The summed E-state index contributed by atoms with van der Waals surface area (Å²) in [6.07, 6.45) is -0.978. The molecule has 27 heavy (non-hydrogen) atoms. The molecule has 0 radical (unpaired) electrons. The lowest BCUT2D eigenvalue weighted by Crippen LogP contribution is -2.48. The van der Waals surface area contributed by atoms with E-state index in [4.69, 9.17) is 11.6 Å². The lowest BCUT2D eigenvalue weighted by Gasteiger charge is -2.41. The first-order chi connectivity index (χ1) is 12.6. The molecule has 0 aromatic heterocycles. The molecule has 0 amide bonds. The van der Waals surface area contributed by atoms with Crippen LogP contribution in [0.15, 0.2) is 23.1 Å². The van der Waals surface area contributed by atoms with Crippen molar-refractivity contribution >= 4 is 21.6 Å². The predicted octanol–water partition coefficient (Wildman–Crippen LogP) is 4.24. The molecule has 4 nitrogen and oxygen atoms in total. The van der Waals surface area contributed by atoms with E-state index in [0.717, 1.165) is 44.0 Å². The normalized spacial score (nSPS) is 22.3. The molecule has 2 heterocycles. The Bertz CT molecular complexity index is 769. The number of halogens is 4. The summed E-state index contributed by atoms with van der Waals surface area (Å²) in [5.41, 5.74) is -1.12. The van der Waals surface area contributed by atoms with Gasteiger partial charge in [-0.15, -0.1) is 0 Å². The molecule has 0 N–H and O–H groups in total. The minimum absolute atomic E-state index is 0.322. The second kappa shape index (κ2) is 7.89. The number of sulfonamides is 1. The molecule has 0 unspecified atom stereocenters. The van der Waals surface area contributed by atoms with Gasteiger partial charge in [-0.25, -0.2) is 8.42 Å². The molecule has 0 atom stereocenters. The summed E-state index contributed by atoms with van der Waals surface area (Å²) in [5.74, 6) is 0.731. The zero-order valence-corrected chi connectivity index (χ0v) is 16.7. The Morgan fingerprint density at radius 3 is 2.19 bits per heavy atom. The van der Waals surface area contributed by atoms with Gasteiger partial charge in [0, 0.05) is 19.1 Å². The fraction of sp³-hybridized carbons (Fsp3) is 0.667. The van der Waals surface area contributed by atoms with Crippen LogP contribution in [0.25, 0.3) is 0 Å². The first-order valence-electron chi connectivity index (χ1n) is 9.20. The Balaban J connectivity index is 1.70. The van der Waals surface area contributed by atoms with Crippen molar-refractivity contribution in [1.82, 2.24) is 9.21 Å². The second-order valence-corrected chi connectivity index (χ2v) is 9.84. The van der Waals surface area contributed by atoms with E-state index in [1.165, 1.54) is 4.31 Å². The molecule has 0 spiro atoms. The van der Waals surface area contributed by atoms with Crippen molar-refractivity contribution in [2.24, 2.45) is 5.92 Å². The van der Waals surface area contributed by atoms with Gasteiger partial charge in [-0.1, -0.05) is 18.5 Å². The number of alkyl halides is 3. The van der Waals surface area contributed by atoms with Crippen LogP contribution in [0, 0.1) is 5.92 Å². The summed E-state index contributed by atoms with van der Waals surface area (Å²) in [4.78, 5) is 2.07. The minimum Gasteiger partial charge on any atom is -0.300 e. The van der Waals surface area contributed by atoms with Crippen molar-refractivity contribution in [3.05, 3.63) is 28.8 Å². The largest absolute Gasteiger partial charge is 0.417 e. The van der Waals surface area contributed by atoms with Crippen LogP contribution in [-0.4, -0.2) is 49.8 Å². The van der Waals surface area contributed by atoms with Crippen molar-refractivity contribution in [2.45, 2.75) is 49.7 Å². The van der Waals surface area contributed by atoms with Crippen molar-refractivity contribution in [2.75, 3.05) is 26.2 Å². The average Bonchev–Trinajstić information content (AvgIpc) is 2.62. The van der Waals surface area contributed by atoms with Gasteiger partial charge < -0.3 is 4.90 Å². The van der Waals surface area contributed by atoms with E-state index in [1.54, 1.807) is 0 Å². The van der Waals surface area contributed by atoms with Gasteiger partial charge >= 0.3 is 6.18 Å². The molecule has 2 fully saturated rings. The third-order valence-electron chi connectivity index (χ3n) is 5.64. The number of piperidine rings is 2. The minimum atomic E-state index is -4.69. The molecular formula is C18H24ClF3N2O2S. The average molecular weight is 425 g/mol. The first kappa shape index (κ1) is 20.9. The highest BCUT2D eigenvalue weighted by Gasteiger charge is 2.37. The van der Waals surface area contributed by atoms with Crippen molar-refractivity contribution < 1.29 is 21.6 Å². The fourth-order valence-corrected chi connectivity index (χ4v) is 5.59. The van der Waals surface area contributed by atoms with E-state index in [1.807, 2.05) is 0 Å². The number of rotatable bonds is 3. The number of hydrogen-bond acceptors (Lipinski definition) is 3. The topological polar surface area (TPSA) is 40.6 Å². The summed E-state index contributed by atoms with van der Waals surface area (Å²) >= 11 is 5.60. The quantitative estimate of drug-likeness (QED) is 0.728. The van der Waals surface area contributed by atoms with E-state index < -0.39 is 26.8 Å². The van der Waals surface area contributed by atoms with Crippen LogP contribution in [-0.2, 0) is 16.2 Å². The van der Waals surface area contributed by atoms with Gasteiger partial charge in [0.2, 0.25) is 10.0 Å². The van der Waals surface area contributed by atoms with Crippen LogP contribution in [0.2, 0.25) is 5.02 Å². The zero-order chi connectivity index (χ0) is 19.8. The van der Waals surface area contributed by atoms with Crippen LogP contribution in [0.5, 0.6) is 0 Å². The Kier molecular flexibility index (Phi) is 6.11. The smallest absolute Gasteiger partial charge is 0.300 e. The molecule has 2 aliphatic rings. The van der Waals surface area contributed by atoms with Gasteiger partial charge in [-0.3, -0.25) is 0 Å². The molecule has 0 aliphatic carbocycles. The maximum absolute atomic E-state index is 13.0. The maximum Gasteiger partial charge on any atom is 0.417 e. The summed E-state index contributed by atoms with van der Waals surface area (Å²) in [6.45, 7) is 4.95. The highest BCUT2D eigenvalue weighted by Crippen LogP contribution is 2.36. The summed E-state index contributed by atoms with van der Waals surface area (Å²) in [6, 6.07) is 3.12. The standard InChI is InChI=1S/C18H24ClF3N2O2S/c1-13-4-8-23(9-5-13)14-6-10-24(11-7-14)27(25,26)15-2-3-17(19)16(12-15)18(20,21)22/h2-3,12-14H,4-11H2,1H3. The molecule has 2 saturated heterocycles. The molecule has 0 saturated carbocycles. The van der Waals surface area contributed by atoms with E-state index in [9.17, 15) is 21.6 Å². The molecule has 1 aromatic rings. The summed E-state index contributed by atoms with van der Waals surface area (Å²) < 4.78 is 66.0. The highest BCUT2D eigenvalue weighted by atomic mass is 35.5. The van der Waals surface area contributed by atoms with Crippen LogP contribution in [0.1, 0.15) is 38.2 Å². The van der Waals surface area contributed by atoms with Gasteiger partial charge in [-0.2, -0.15) is 17.5 Å². The van der Waals surface area contributed by atoms with Gasteiger partial charge in [-0.05, 0) is 62.9 Å². The Morgan fingerprint density at radius 1 is 1.04 bits per heavy atom. The number of hydrogen-bond donors (Lipinski definition) is 0. The van der Waals surface area contributed by atoms with Crippen LogP contribution in [0.4, 0.5) is 13.2 Å². The number of likely N-dealkylation sites (tertiary alicyclic amines) is 1. The van der Waals surface area contributed by atoms with Gasteiger partial charge in [0.1, 0.15) is 0 Å². The van der Waals surface area contributed by atoms with Crippen molar-refractivity contribution in [3.63, 3.8) is 0 Å². The Morgan fingerprint density at radius 2 is 1.63 bits per heavy atom. The monoisotopic (exact) mass is 424 g/mol. The molecule has 2 aliphatic heterocycles. The lowest BCUT2D eigenvalue weighted by molar-refractivity contribution is -0.137. The first-order valence-corrected chi connectivity index (χ1v) is 11.0. The zero-order valence-electron chi connectivity index (χ0n) is 15.2. The molecule has 3 rings (SSSR count). The summed E-state index contributed by atoms with van der Waals surface area (Å²) in [5, 5.41) is -0.500. The SMILES string of the molecule is CC1CCN(C2CCN(S(=O)(=O)c3ccc(Cl)c(C(F)(F)F)c3)CC2)CC1. The van der Waals surface area contributed by atoms with Gasteiger partial charge in [0.05, 0.1) is 15.5 Å². The third-order valence-corrected chi connectivity index (χ3v) is 7.86. The van der Waals surface area contributed by atoms with E-state index >= 15 is 0 Å². The van der Waals surface area contributed by atoms with Crippen LogP contribution < -0.4 is 0 Å². The van der Waals surface area contributed by atoms with E-state index in [0.29, 0.717) is 38.0 Å². The van der Waals surface area contributed by atoms with Crippen LogP contribution >= 0.6 is 11.6 Å². The van der Waals surface area contributed by atoms with Crippen molar-refractivity contribution in [3.8, 4) is 0 Å². The van der Waals surface area contributed by atoms with Crippen LogP contribution in [0.3, 0.4) is 0 Å².